The summed E-state index contributed by atoms with van der Waals surface area (Å²) in [5.41, 5.74) is 3.06. The number of hydrogen-bond acceptors (Lipinski definition) is 8. The Labute approximate surface area is 169 Å². The first-order valence-corrected chi connectivity index (χ1v) is 8.77. The Morgan fingerprint density at radius 2 is 1.76 bits per heavy atom. The van der Waals surface area contributed by atoms with E-state index in [9.17, 15) is 4.79 Å². The molecule has 0 heterocycles. The maximum Gasteiger partial charge on any atom is 0.310 e. The summed E-state index contributed by atoms with van der Waals surface area (Å²) in [6, 6.07) is 11.1. The molecule has 0 aromatic heterocycles. The van der Waals surface area contributed by atoms with E-state index in [1.54, 1.807) is 18.3 Å². The molecule has 0 saturated carbocycles. The summed E-state index contributed by atoms with van der Waals surface area (Å²) >= 11 is 0. The van der Waals surface area contributed by atoms with Crippen LogP contribution in [-0.2, 0) is 30.3 Å². The molecule has 29 heavy (non-hydrogen) atoms. The number of carbonyl (C=O) groups is 1. The van der Waals surface area contributed by atoms with Crippen molar-refractivity contribution in [3.63, 3.8) is 0 Å². The number of methoxy groups -OCH3 is 3. The van der Waals surface area contributed by atoms with E-state index in [1.807, 2.05) is 24.3 Å². The van der Waals surface area contributed by atoms with Crippen molar-refractivity contribution in [1.82, 2.24) is 0 Å². The number of esters is 1. The third kappa shape index (κ3) is 6.48. The molecule has 0 bridgehead atoms. The minimum Gasteiger partial charge on any atom is -0.469 e. The van der Waals surface area contributed by atoms with Crippen molar-refractivity contribution >= 4 is 12.2 Å². The summed E-state index contributed by atoms with van der Waals surface area (Å²) in [4.78, 5) is 16.8. The lowest BCUT2D eigenvalue weighted by molar-refractivity contribution is -0.139. The van der Waals surface area contributed by atoms with Crippen molar-refractivity contribution in [2.75, 3.05) is 42.0 Å². The highest BCUT2D eigenvalue weighted by molar-refractivity contribution is 5.86. The minimum atomic E-state index is -0.384. The van der Waals surface area contributed by atoms with Crippen LogP contribution in [0.2, 0.25) is 0 Å². The van der Waals surface area contributed by atoms with E-state index in [0.717, 1.165) is 16.7 Å². The lowest BCUT2D eigenvalue weighted by Gasteiger charge is -2.18. The second kappa shape index (κ2) is 11.7. The van der Waals surface area contributed by atoms with Crippen LogP contribution in [0.3, 0.4) is 0 Å². The Hall–Kier alpha value is -3.10. The number of nitrogens with zero attached hydrogens (tertiary/aromatic N) is 1. The molecule has 156 valence electrons. The van der Waals surface area contributed by atoms with Crippen LogP contribution in [0.1, 0.15) is 11.1 Å². The number of carbonyl (C=O) groups excluding carboxylic acids is 1. The van der Waals surface area contributed by atoms with E-state index >= 15 is 0 Å². The first-order chi connectivity index (χ1) is 14.1. The molecule has 2 aromatic rings. The van der Waals surface area contributed by atoms with Gasteiger partial charge in [-0.25, -0.2) is 0 Å². The second-order valence-corrected chi connectivity index (χ2v) is 5.85. The van der Waals surface area contributed by atoms with Gasteiger partial charge in [-0.1, -0.05) is 23.4 Å². The van der Waals surface area contributed by atoms with Gasteiger partial charge in [0.05, 0.1) is 19.7 Å². The number of rotatable bonds is 11. The fraction of sp³-hybridized carbons (Fsp3) is 0.333. The Morgan fingerprint density at radius 3 is 2.45 bits per heavy atom. The fourth-order valence-corrected chi connectivity index (χ4v) is 2.67. The molecule has 0 spiro atoms. The van der Waals surface area contributed by atoms with Gasteiger partial charge in [-0.2, -0.15) is 0 Å². The van der Waals surface area contributed by atoms with E-state index in [1.165, 1.54) is 28.4 Å². The van der Waals surface area contributed by atoms with Crippen LogP contribution in [0, 0.1) is 0 Å². The molecule has 0 aliphatic carbocycles. The van der Waals surface area contributed by atoms with Crippen molar-refractivity contribution in [2.45, 2.75) is 6.42 Å². The largest absolute Gasteiger partial charge is 0.469 e. The van der Waals surface area contributed by atoms with E-state index < -0.39 is 0 Å². The third-order valence-electron chi connectivity index (χ3n) is 3.88. The van der Waals surface area contributed by atoms with Crippen molar-refractivity contribution in [3.05, 3.63) is 47.5 Å². The summed E-state index contributed by atoms with van der Waals surface area (Å²) < 4.78 is 26.2. The number of oxime groups is 1. The molecule has 0 unspecified atom stereocenters. The van der Waals surface area contributed by atoms with Gasteiger partial charge >= 0.3 is 5.97 Å². The Balaban J connectivity index is 2.61. The molecular weight excluding hydrogens is 378 g/mol. The quantitative estimate of drug-likeness (QED) is 0.247. The van der Waals surface area contributed by atoms with Crippen LogP contribution in [-0.4, -0.2) is 54.2 Å². The van der Waals surface area contributed by atoms with Gasteiger partial charge < -0.3 is 28.5 Å². The molecule has 0 amide bonds. The molecule has 8 nitrogen and oxygen atoms in total. The maximum absolute atomic E-state index is 12.0. The highest BCUT2D eigenvalue weighted by Crippen LogP contribution is 2.38. The van der Waals surface area contributed by atoms with Gasteiger partial charge in [0.15, 0.2) is 13.6 Å². The predicted molar refractivity (Wildman–Crippen MR) is 107 cm³/mol. The van der Waals surface area contributed by atoms with Crippen LogP contribution in [0.4, 0.5) is 0 Å². The molecule has 0 fully saturated rings. The number of benzene rings is 2. The first kappa shape index (κ1) is 22.2. The van der Waals surface area contributed by atoms with Crippen molar-refractivity contribution < 1.29 is 33.3 Å². The summed E-state index contributed by atoms with van der Waals surface area (Å²) in [6.45, 7) is 0.0902. The normalized spacial score (nSPS) is 10.8. The molecule has 2 aromatic carbocycles. The molecule has 0 N–H and O–H groups in total. The van der Waals surface area contributed by atoms with Crippen LogP contribution < -0.4 is 9.47 Å². The van der Waals surface area contributed by atoms with Gasteiger partial charge in [-0.05, 0) is 28.8 Å². The fourth-order valence-electron chi connectivity index (χ4n) is 2.67. The molecule has 0 aliphatic rings. The highest BCUT2D eigenvalue weighted by Gasteiger charge is 2.18. The lowest BCUT2D eigenvalue weighted by atomic mass is 9.95. The topological polar surface area (TPSA) is 84.8 Å². The van der Waals surface area contributed by atoms with E-state index in [0.29, 0.717) is 17.1 Å². The third-order valence-corrected chi connectivity index (χ3v) is 3.88. The zero-order valence-electron chi connectivity index (χ0n) is 17.0. The lowest BCUT2D eigenvalue weighted by Crippen LogP contribution is -2.09. The zero-order valence-corrected chi connectivity index (χ0v) is 17.0. The van der Waals surface area contributed by atoms with Gasteiger partial charge in [-0.15, -0.1) is 0 Å². The van der Waals surface area contributed by atoms with Crippen LogP contribution in [0.25, 0.3) is 11.1 Å². The van der Waals surface area contributed by atoms with Gasteiger partial charge in [0.2, 0.25) is 0 Å². The summed E-state index contributed by atoms with van der Waals surface area (Å²) in [5.74, 6) is 0.614. The Bertz CT molecular complexity index is 836. The summed E-state index contributed by atoms with van der Waals surface area (Å²) in [6.07, 6.45) is 1.63. The average molecular weight is 403 g/mol. The van der Waals surface area contributed by atoms with Gasteiger partial charge in [-0.3, -0.25) is 4.79 Å². The first-order valence-electron chi connectivity index (χ1n) is 8.77. The van der Waals surface area contributed by atoms with Gasteiger partial charge in [0.1, 0.15) is 18.6 Å². The molecular formula is C21H25NO7. The van der Waals surface area contributed by atoms with Crippen molar-refractivity contribution in [3.8, 4) is 22.6 Å². The molecule has 0 atom stereocenters. The zero-order chi connectivity index (χ0) is 21.1. The number of hydrogen-bond donors (Lipinski definition) is 0. The predicted octanol–water partition coefficient (Wildman–Crippen LogP) is 3.01. The molecule has 8 heteroatoms. The van der Waals surface area contributed by atoms with E-state index in [4.69, 9.17) is 28.5 Å². The molecule has 0 aliphatic heterocycles. The average Bonchev–Trinajstić information content (AvgIpc) is 2.74. The molecule has 0 radical (unpaired) electrons. The molecule has 2 rings (SSSR count). The van der Waals surface area contributed by atoms with Crippen LogP contribution in [0.5, 0.6) is 11.5 Å². The van der Waals surface area contributed by atoms with Gasteiger partial charge in [0, 0.05) is 25.8 Å². The van der Waals surface area contributed by atoms with E-state index in [-0.39, 0.29) is 26.0 Å². The van der Waals surface area contributed by atoms with Crippen LogP contribution in [0.15, 0.2) is 41.6 Å². The minimum absolute atomic E-state index is 0.0310. The van der Waals surface area contributed by atoms with Crippen molar-refractivity contribution in [2.24, 2.45) is 5.16 Å². The SMILES string of the molecule is COCOc1cc(CC(=O)OC)c(-c2cccc(C=NOC)c2)c(OCOC)c1. The summed E-state index contributed by atoms with van der Waals surface area (Å²) in [7, 11) is 5.88. The highest BCUT2D eigenvalue weighted by atomic mass is 16.7. The Morgan fingerprint density at radius 1 is 1.00 bits per heavy atom. The van der Waals surface area contributed by atoms with Crippen molar-refractivity contribution in [1.29, 1.82) is 0 Å². The molecule has 0 saturated heterocycles. The van der Waals surface area contributed by atoms with Gasteiger partial charge in [0.25, 0.3) is 0 Å². The Kier molecular flexibility index (Phi) is 8.94. The second-order valence-electron chi connectivity index (χ2n) is 5.85. The standard InChI is InChI=1S/C21H25NO7/c1-24-13-28-18-9-17(10-20(23)26-3)21(19(11-18)29-14-25-2)16-7-5-6-15(8-16)12-22-27-4/h5-9,11-12H,10,13-14H2,1-4H3. The monoisotopic (exact) mass is 403 g/mol. The smallest absolute Gasteiger partial charge is 0.310 e. The number of ether oxygens (including phenoxy) is 5. The van der Waals surface area contributed by atoms with Crippen LogP contribution >= 0.6 is 0 Å². The maximum atomic E-state index is 12.0. The summed E-state index contributed by atoms with van der Waals surface area (Å²) in [5, 5.41) is 3.80. The van der Waals surface area contributed by atoms with E-state index in [2.05, 4.69) is 5.16 Å².